The van der Waals surface area contributed by atoms with Gasteiger partial charge in [-0.1, -0.05) is 6.08 Å². The summed E-state index contributed by atoms with van der Waals surface area (Å²) in [5.41, 5.74) is 2.06. The average Bonchev–Trinajstić information content (AvgIpc) is 2.27. The maximum absolute atomic E-state index is 12.2. The minimum Gasteiger partial charge on any atom is -0.598 e. The fraction of sp³-hybridized carbons (Fsp3) is 0.462. The van der Waals surface area contributed by atoms with Crippen molar-refractivity contribution in [1.82, 2.24) is 9.71 Å². The number of nitrogens with zero attached hydrogens (tertiary/aromatic N) is 1. The fourth-order valence-electron chi connectivity index (χ4n) is 1.51. The van der Waals surface area contributed by atoms with Gasteiger partial charge in [-0.15, -0.1) is 11.3 Å². The Morgan fingerprint density at radius 1 is 1.61 bits per heavy atom. The second-order valence-corrected chi connectivity index (χ2v) is 7.30. The second-order valence-electron chi connectivity index (χ2n) is 5.31. The second kappa shape index (κ2) is 6.41. The minimum atomic E-state index is -1.09. The van der Waals surface area contributed by atoms with E-state index in [9.17, 15) is 4.55 Å². The van der Waals surface area contributed by atoms with Crippen molar-refractivity contribution in [3.63, 3.8) is 0 Å². The molecule has 0 unspecified atom stereocenters. The molecule has 1 N–H and O–H groups in total. The van der Waals surface area contributed by atoms with Crippen LogP contribution in [0.5, 0.6) is 0 Å². The Bertz CT molecular complexity index is 406. The normalized spacial score (nSPS) is 15.1. The van der Waals surface area contributed by atoms with Crippen LogP contribution in [0.1, 0.15) is 38.8 Å². The molecule has 1 heterocycles. The van der Waals surface area contributed by atoms with Crippen LogP contribution in [0, 0.1) is 0 Å². The number of aromatic nitrogens is 1. The molecule has 0 saturated carbocycles. The molecule has 0 radical (unpaired) electrons. The molecule has 0 spiro atoms. The minimum absolute atomic E-state index is 0.0178. The standard InChI is InChI=1S/C13H21BN2OS/c1-5-6-11(16-18(17)13(2,3)4)10-7-8-15-12(14)9-10/h5,7-9,11,16H,1,6,14H2,2-4H3/t11-,18+/m0/s1. The molecular formula is C13H21BN2OS. The van der Waals surface area contributed by atoms with Crippen molar-refractivity contribution in [2.24, 2.45) is 0 Å². The molecule has 0 saturated heterocycles. The van der Waals surface area contributed by atoms with E-state index in [1.807, 2.05) is 46.8 Å². The van der Waals surface area contributed by atoms with Crippen LogP contribution in [0.3, 0.4) is 0 Å². The molecule has 18 heavy (non-hydrogen) atoms. The fourth-order valence-corrected chi connectivity index (χ4v) is 2.35. The quantitative estimate of drug-likeness (QED) is 0.490. The molecule has 0 aliphatic rings. The number of nitrogens with one attached hydrogen (secondary N) is 1. The smallest absolute Gasteiger partial charge is 0.163 e. The predicted octanol–water partition coefficient (Wildman–Crippen LogP) is 1.01. The van der Waals surface area contributed by atoms with Gasteiger partial charge in [-0.05, 0) is 50.5 Å². The van der Waals surface area contributed by atoms with Crippen LogP contribution in [-0.4, -0.2) is 22.1 Å². The van der Waals surface area contributed by atoms with Crippen LogP contribution in [0.4, 0.5) is 0 Å². The zero-order valence-corrected chi connectivity index (χ0v) is 12.4. The maximum Gasteiger partial charge on any atom is 0.163 e. The van der Waals surface area contributed by atoms with Gasteiger partial charge in [-0.2, -0.15) is 0 Å². The Hall–Kier alpha value is -0.775. The molecule has 2 atom stereocenters. The molecule has 1 rings (SSSR count). The van der Waals surface area contributed by atoms with Gasteiger partial charge in [-0.3, -0.25) is 4.98 Å². The Balaban J connectivity index is 2.86. The molecule has 1 aromatic rings. The summed E-state index contributed by atoms with van der Waals surface area (Å²) in [6.07, 6.45) is 4.36. The van der Waals surface area contributed by atoms with Crippen LogP contribution in [0.25, 0.3) is 0 Å². The first kappa shape index (κ1) is 15.3. The first-order valence-corrected chi connectivity index (χ1v) is 7.21. The number of hydrogen-bond acceptors (Lipinski definition) is 3. The van der Waals surface area contributed by atoms with Crippen LogP contribution in [0.2, 0.25) is 0 Å². The third-order valence-corrected chi connectivity index (χ3v) is 4.14. The zero-order chi connectivity index (χ0) is 13.8. The van der Waals surface area contributed by atoms with Gasteiger partial charge in [0, 0.05) is 17.6 Å². The van der Waals surface area contributed by atoms with Gasteiger partial charge < -0.3 is 4.55 Å². The van der Waals surface area contributed by atoms with Crippen molar-refractivity contribution in [2.75, 3.05) is 0 Å². The summed E-state index contributed by atoms with van der Waals surface area (Å²) in [6, 6.07) is 3.99. The van der Waals surface area contributed by atoms with Crippen molar-refractivity contribution < 1.29 is 4.55 Å². The molecule has 0 aliphatic heterocycles. The van der Waals surface area contributed by atoms with E-state index >= 15 is 0 Å². The first-order chi connectivity index (χ1) is 8.34. The van der Waals surface area contributed by atoms with Gasteiger partial charge >= 0.3 is 0 Å². The Kier molecular flexibility index (Phi) is 5.44. The highest BCUT2D eigenvalue weighted by atomic mass is 32.2. The third-order valence-electron chi connectivity index (χ3n) is 2.53. The van der Waals surface area contributed by atoms with Crippen LogP contribution >= 0.6 is 0 Å². The predicted molar refractivity (Wildman–Crippen MR) is 81.0 cm³/mol. The zero-order valence-electron chi connectivity index (χ0n) is 11.6. The van der Waals surface area contributed by atoms with E-state index in [0.29, 0.717) is 0 Å². The van der Waals surface area contributed by atoms with Crippen molar-refractivity contribution in [1.29, 1.82) is 0 Å². The van der Waals surface area contributed by atoms with E-state index in [-0.39, 0.29) is 10.8 Å². The molecule has 3 nitrogen and oxygen atoms in total. The summed E-state index contributed by atoms with van der Waals surface area (Å²) in [5.74, 6) is 0. The van der Waals surface area contributed by atoms with Gasteiger partial charge in [0.2, 0.25) is 0 Å². The highest BCUT2D eigenvalue weighted by Crippen LogP contribution is 2.21. The van der Waals surface area contributed by atoms with Crippen molar-refractivity contribution in [3.8, 4) is 0 Å². The van der Waals surface area contributed by atoms with Gasteiger partial charge in [0.05, 0.1) is 6.04 Å². The van der Waals surface area contributed by atoms with E-state index in [4.69, 9.17) is 0 Å². The lowest BCUT2D eigenvalue weighted by molar-refractivity contribution is 0.524. The molecule has 0 aliphatic carbocycles. The first-order valence-electron chi connectivity index (χ1n) is 6.06. The van der Waals surface area contributed by atoms with Gasteiger partial charge in [0.1, 0.15) is 4.75 Å². The van der Waals surface area contributed by atoms with Crippen LogP contribution in [0.15, 0.2) is 31.0 Å². The molecule has 98 valence electrons. The maximum atomic E-state index is 12.2. The lowest BCUT2D eigenvalue weighted by Gasteiger charge is -2.27. The lowest BCUT2D eigenvalue weighted by atomic mass is 9.98. The van der Waals surface area contributed by atoms with E-state index in [2.05, 4.69) is 16.3 Å². The van der Waals surface area contributed by atoms with Gasteiger partial charge in [0.15, 0.2) is 7.85 Å². The van der Waals surface area contributed by atoms with Crippen molar-refractivity contribution in [2.45, 2.75) is 38.0 Å². The summed E-state index contributed by atoms with van der Waals surface area (Å²) in [5, 5.41) is 0. The Labute approximate surface area is 114 Å². The largest absolute Gasteiger partial charge is 0.598 e. The van der Waals surface area contributed by atoms with E-state index in [1.165, 1.54) is 0 Å². The topological polar surface area (TPSA) is 48.0 Å². The molecule has 0 bridgehead atoms. The lowest BCUT2D eigenvalue weighted by Crippen LogP contribution is -2.41. The highest BCUT2D eigenvalue weighted by Gasteiger charge is 2.29. The summed E-state index contributed by atoms with van der Waals surface area (Å²) in [6.45, 7) is 9.63. The summed E-state index contributed by atoms with van der Waals surface area (Å²) >= 11 is -1.09. The van der Waals surface area contributed by atoms with Crippen LogP contribution < -0.4 is 10.3 Å². The molecular weight excluding hydrogens is 243 g/mol. The van der Waals surface area contributed by atoms with E-state index in [1.54, 1.807) is 6.20 Å². The Morgan fingerprint density at radius 2 is 2.28 bits per heavy atom. The monoisotopic (exact) mass is 264 g/mol. The SMILES string of the molecule is Bc1cc([C@H](CC=C)N[S@+]([O-])C(C)(C)C)ccn1. The Morgan fingerprint density at radius 3 is 2.78 bits per heavy atom. The number of rotatable bonds is 5. The van der Waals surface area contributed by atoms with Gasteiger partial charge in [0.25, 0.3) is 0 Å². The summed E-state index contributed by atoms with van der Waals surface area (Å²) in [7, 11) is 1.95. The van der Waals surface area contributed by atoms with E-state index in [0.717, 1.165) is 17.6 Å². The number of hydrogen-bond donors (Lipinski definition) is 1. The number of pyridine rings is 1. The summed E-state index contributed by atoms with van der Waals surface area (Å²) in [4.78, 5) is 4.18. The molecule has 0 fully saturated rings. The van der Waals surface area contributed by atoms with Crippen molar-refractivity contribution >= 4 is 24.8 Å². The molecule has 0 amide bonds. The van der Waals surface area contributed by atoms with E-state index < -0.39 is 11.4 Å². The average molecular weight is 264 g/mol. The molecule has 1 aromatic heterocycles. The highest BCUT2D eigenvalue weighted by molar-refractivity contribution is 7.90. The van der Waals surface area contributed by atoms with Crippen molar-refractivity contribution in [3.05, 3.63) is 36.5 Å². The summed E-state index contributed by atoms with van der Waals surface area (Å²) < 4.78 is 15.1. The molecule has 5 heteroatoms. The third kappa shape index (κ3) is 4.48. The molecule has 0 aromatic carbocycles. The van der Waals surface area contributed by atoms with Crippen LogP contribution in [-0.2, 0) is 11.4 Å². The van der Waals surface area contributed by atoms with Gasteiger partial charge in [-0.25, -0.2) is 0 Å².